The van der Waals surface area contributed by atoms with Gasteiger partial charge in [0.2, 0.25) is 23.1 Å². The summed E-state index contributed by atoms with van der Waals surface area (Å²) in [5, 5.41) is 5.52. The van der Waals surface area contributed by atoms with Crippen LogP contribution >= 0.6 is 11.6 Å². The highest BCUT2D eigenvalue weighted by atomic mass is 35.5. The molecule has 1 amide bonds. The molecule has 88 valence electrons. The Balaban J connectivity index is 2.97. The third-order valence-corrected chi connectivity index (χ3v) is 2.04. The predicted molar refractivity (Wildman–Crippen MR) is 61.3 cm³/mol. The Labute approximate surface area is 97.8 Å². The van der Waals surface area contributed by atoms with E-state index in [0.717, 1.165) is 0 Å². The lowest BCUT2D eigenvalue weighted by Crippen LogP contribution is -2.45. The summed E-state index contributed by atoms with van der Waals surface area (Å²) in [5.41, 5.74) is 4.24. The van der Waals surface area contributed by atoms with Crippen LogP contribution in [0.2, 0.25) is 5.28 Å². The number of amides is 1. The van der Waals surface area contributed by atoms with Crippen molar-refractivity contribution in [2.75, 3.05) is 17.7 Å². The van der Waals surface area contributed by atoms with Gasteiger partial charge in [-0.05, 0) is 25.4 Å². The van der Waals surface area contributed by atoms with Crippen molar-refractivity contribution < 1.29 is 4.79 Å². The molecule has 8 heteroatoms. The SMILES string of the molecule is CNc1nc(Cl)nc(NC(C)(C)C(N)=O)n1. The zero-order valence-electron chi connectivity index (χ0n) is 9.21. The average molecular weight is 245 g/mol. The molecule has 0 saturated carbocycles. The molecular formula is C8H13ClN6O. The van der Waals surface area contributed by atoms with Crippen LogP contribution in [0, 0.1) is 0 Å². The van der Waals surface area contributed by atoms with Gasteiger partial charge in [0, 0.05) is 7.05 Å². The van der Waals surface area contributed by atoms with E-state index in [0.29, 0.717) is 5.95 Å². The number of rotatable bonds is 4. The number of carbonyl (C=O) groups is 1. The van der Waals surface area contributed by atoms with Gasteiger partial charge in [0.15, 0.2) is 0 Å². The zero-order chi connectivity index (χ0) is 12.3. The summed E-state index contributed by atoms with van der Waals surface area (Å²) in [4.78, 5) is 22.7. The maximum atomic E-state index is 11.1. The molecule has 7 nitrogen and oxygen atoms in total. The first-order valence-corrected chi connectivity index (χ1v) is 4.90. The minimum atomic E-state index is -0.963. The molecule has 0 aromatic carbocycles. The second kappa shape index (κ2) is 4.48. The number of carbonyl (C=O) groups excluding carboxylic acids is 1. The van der Waals surface area contributed by atoms with E-state index in [-0.39, 0.29) is 11.2 Å². The standard InChI is InChI=1S/C8H13ClN6O/c1-8(2,4(10)16)15-7-13-5(9)12-6(11-3)14-7/h1-3H3,(H2,10,16)(H2,11,12,13,14,15). The molecule has 0 spiro atoms. The van der Waals surface area contributed by atoms with Crippen LogP contribution in [0.25, 0.3) is 0 Å². The van der Waals surface area contributed by atoms with Gasteiger partial charge < -0.3 is 16.4 Å². The van der Waals surface area contributed by atoms with Crippen LogP contribution in [0.5, 0.6) is 0 Å². The summed E-state index contributed by atoms with van der Waals surface area (Å²) in [6.07, 6.45) is 0. The molecule has 0 radical (unpaired) electrons. The highest BCUT2D eigenvalue weighted by Gasteiger charge is 2.25. The van der Waals surface area contributed by atoms with Gasteiger partial charge in [-0.2, -0.15) is 15.0 Å². The molecule has 0 bridgehead atoms. The molecule has 0 saturated heterocycles. The Morgan fingerprint density at radius 1 is 1.31 bits per heavy atom. The van der Waals surface area contributed by atoms with Crippen LogP contribution in [0.15, 0.2) is 0 Å². The van der Waals surface area contributed by atoms with E-state index in [1.54, 1.807) is 20.9 Å². The van der Waals surface area contributed by atoms with Crippen molar-refractivity contribution >= 4 is 29.4 Å². The van der Waals surface area contributed by atoms with Crippen molar-refractivity contribution in [1.29, 1.82) is 0 Å². The fraction of sp³-hybridized carbons (Fsp3) is 0.500. The molecule has 4 N–H and O–H groups in total. The maximum Gasteiger partial charge on any atom is 0.242 e. The number of hydrogen-bond acceptors (Lipinski definition) is 6. The van der Waals surface area contributed by atoms with E-state index in [1.807, 2.05) is 0 Å². The highest BCUT2D eigenvalue weighted by Crippen LogP contribution is 2.14. The minimum Gasteiger partial charge on any atom is -0.368 e. The first-order chi connectivity index (χ1) is 7.35. The summed E-state index contributed by atoms with van der Waals surface area (Å²) in [5.74, 6) is -0.0223. The fourth-order valence-corrected chi connectivity index (χ4v) is 1.02. The number of aromatic nitrogens is 3. The number of hydrogen-bond donors (Lipinski definition) is 3. The van der Waals surface area contributed by atoms with Crippen molar-refractivity contribution in [3.63, 3.8) is 0 Å². The maximum absolute atomic E-state index is 11.1. The molecular weight excluding hydrogens is 232 g/mol. The van der Waals surface area contributed by atoms with Crippen molar-refractivity contribution in [3.8, 4) is 0 Å². The summed E-state index contributed by atoms with van der Waals surface area (Å²) in [6.45, 7) is 3.23. The molecule has 1 aromatic rings. The Morgan fingerprint density at radius 3 is 2.38 bits per heavy atom. The fourth-order valence-electron chi connectivity index (χ4n) is 0.859. The molecule has 1 aromatic heterocycles. The first kappa shape index (κ1) is 12.4. The second-order valence-corrected chi connectivity index (χ2v) is 3.95. The van der Waals surface area contributed by atoms with Crippen LogP contribution in [-0.2, 0) is 4.79 Å². The third-order valence-electron chi connectivity index (χ3n) is 1.87. The van der Waals surface area contributed by atoms with E-state index >= 15 is 0 Å². The van der Waals surface area contributed by atoms with E-state index in [9.17, 15) is 4.79 Å². The van der Waals surface area contributed by atoms with E-state index in [2.05, 4.69) is 25.6 Å². The zero-order valence-corrected chi connectivity index (χ0v) is 9.96. The quantitative estimate of drug-likeness (QED) is 0.701. The van der Waals surface area contributed by atoms with Crippen LogP contribution in [0.3, 0.4) is 0 Å². The summed E-state index contributed by atoms with van der Waals surface area (Å²) >= 11 is 5.68. The Hall–Kier alpha value is -1.63. The van der Waals surface area contributed by atoms with Gasteiger partial charge in [0.25, 0.3) is 0 Å². The molecule has 1 rings (SSSR count). The smallest absolute Gasteiger partial charge is 0.242 e. The van der Waals surface area contributed by atoms with Gasteiger partial charge in [0.05, 0.1) is 0 Å². The van der Waals surface area contributed by atoms with Crippen LogP contribution in [-0.4, -0.2) is 33.4 Å². The second-order valence-electron chi connectivity index (χ2n) is 3.62. The lowest BCUT2D eigenvalue weighted by molar-refractivity contribution is -0.121. The van der Waals surface area contributed by atoms with Crippen molar-refractivity contribution in [2.24, 2.45) is 5.73 Å². The molecule has 0 fully saturated rings. The Kier molecular flexibility index (Phi) is 3.48. The van der Waals surface area contributed by atoms with Gasteiger partial charge in [0.1, 0.15) is 5.54 Å². The number of primary amides is 1. The lowest BCUT2D eigenvalue weighted by atomic mass is 10.1. The number of nitrogens with one attached hydrogen (secondary N) is 2. The van der Waals surface area contributed by atoms with Crippen molar-refractivity contribution in [3.05, 3.63) is 5.28 Å². The van der Waals surface area contributed by atoms with E-state index < -0.39 is 11.4 Å². The summed E-state index contributed by atoms with van der Waals surface area (Å²) in [7, 11) is 1.65. The minimum absolute atomic E-state index is 0.0297. The van der Waals surface area contributed by atoms with Crippen LogP contribution < -0.4 is 16.4 Å². The molecule has 0 unspecified atom stereocenters. The first-order valence-electron chi connectivity index (χ1n) is 4.52. The van der Waals surface area contributed by atoms with Crippen LogP contribution in [0.1, 0.15) is 13.8 Å². The third kappa shape index (κ3) is 2.93. The highest BCUT2D eigenvalue weighted by molar-refractivity contribution is 6.28. The Morgan fingerprint density at radius 2 is 1.88 bits per heavy atom. The molecule has 1 heterocycles. The predicted octanol–water partition coefficient (Wildman–Crippen LogP) is 0.242. The van der Waals surface area contributed by atoms with Gasteiger partial charge in [-0.1, -0.05) is 0 Å². The lowest BCUT2D eigenvalue weighted by Gasteiger charge is -2.22. The monoisotopic (exact) mass is 244 g/mol. The van der Waals surface area contributed by atoms with E-state index in [1.165, 1.54) is 0 Å². The number of nitrogens with zero attached hydrogens (tertiary/aromatic N) is 3. The number of anilines is 2. The summed E-state index contributed by atoms with van der Waals surface area (Å²) < 4.78 is 0. The van der Waals surface area contributed by atoms with Crippen LogP contribution in [0.4, 0.5) is 11.9 Å². The van der Waals surface area contributed by atoms with Gasteiger partial charge >= 0.3 is 0 Å². The van der Waals surface area contributed by atoms with Crippen molar-refractivity contribution in [1.82, 2.24) is 15.0 Å². The van der Waals surface area contributed by atoms with Gasteiger partial charge in [-0.3, -0.25) is 4.79 Å². The normalized spacial score (nSPS) is 11.0. The van der Waals surface area contributed by atoms with Gasteiger partial charge in [-0.15, -0.1) is 0 Å². The molecule has 0 aliphatic heterocycles. The molecule has 0 aliphatic rings. The molecule has 16 heavy (non-hydrogen) atoms. The number of halogens is 1. The van der Waals surface area contributed by atoms with E-state index in [4.69, 9.17) is 17.3 Å². The summed E-state index contributed by atoms with van der Waals surface area (Å²) in [6, 6.07) is 0. The largest absolute Gasteiger partial charge is 0.368 e. The average Bonchev–Trinajstić information content (AvgIpc) is 2.15. The number of nitrogens with two attached hydrogens (primary N) is 1. The van der Waals surface area contributed by atoms with Gasteiger partial charge in [-0.25, -0.2) is 0 Å². The Bertz CT molecular complexity index is 408. The molecule has 0 atom stereocenters. The molecule has 0 aliphatic carbocycles. The topological polar surface area (TPSA) is 106 Å². The van der Waals surface area contributed by atoms with Crippen molar-refractivity contribution in [2.45, 2.75) is 19.4 Å².